The van der Waals surface area contributed by atoms with Gasteiger partial charge in [-0.15, -0.1) is 0 Å². The van der Waals surface area contributed by atoms with Crippen LogP contribution < -0.4 is 0 Å². The molecule has 0 unspecified atom stereocenters. The van der Waals surface area contributed by atoms with Gasteiger partial charge in [-0.25, -0.2) is 0 Å². The number of benzene rings is 4. The summed E-state index contributed by atoms with van der Waals surface area (Å²) >= 11 is 0. The van der Waals surface area contributed by atoms with Crippen LogP contribution in [0.1, 0.15) is 14.9 Å². The van der Waals surface area contributed by atoms with E-state index in [1.54, 1.807) is 0 Å². The van der Waals surface area contributed by atoms with E-state index in [0.717, 1.165) is 0 Å². The van der Waals surface area contributed by atoms with Crippen LogP contribution in [0, 0.1) is 0 Å². The van der Waals surface area contributed by atoms with Gasteiger partial charge in [-0.2, -0.15) is 0 Å². The van der Waals surface area contributed by atoms with Crippen molar-refractivity contribution in [2.75, 3.05) is 0 Å². The molecule has 4 aromatic carbocycles. The van der Waals surface area contributed by atoms with Crippen molar-refractivity contribution >= 4 is 0 Å². The molecule has 0 aliphatic heterocycles. The van der Waals surface area contributed by atoms with Crippen LogP contribution in [-0.2, 0) is 0 Å². The number of hydrogen-bond donors (Lipinski definition) is 0. The minimum atomic E-state index is 0. The van der Waals surface area contributed by atoms with E-state index >= 15 is 0 Å². The fourth-order valence-electron chi connectivity index (χ4n) is 2.52. The first-order valence-corrected chi connectivity index (χ1v) is 8.14. The maximum absolute atomic E-state index is 2.12. The Kier molecular flexibility index (Phi) is 9.20. The largest absolute Gasteiger partial charge is 0.0776 e. The fraction of sp³-hybridized carbons (Fsp3) is 0.0769. The van der Waals surface area contributed by atoms with Gasteiger partial charge < -0.3 is 0 Å². The Labute approximate surface area is 158 Å². The molecule has 4 aromatic rings. The van der Waals surface area contributed by atoms with Gasteiger partial charge in [0, 0.05) is 0 Å². The van der Waals surface area contributed by atoms with Gasteiger partial charge >= 0.3 is 0 Å². The van der Waals surface area contributed by atoms with Crippen molar-refractivity contribution in [3.8, 4) is 22.3 Å². The van der Waals surface area contributed by atoms with Crippen molar-refractivity contribution in [3.05, 3.63) is 121 Å². The lowest BCUT2D eigenvalue weighted by Gasteiger charge is -1.98. The Morgan fingerprint density at radius 2 is 0.385 bits per heavy atom. The molecule has 0 fully saturated rings. The molecule has 0 atom stereocenters. The van der Waals surface area contributed by atoms with Crippen molar-refractivity contribution in [3.63, 3.8) is 0 Å². The van der Waals surface area contributed by atoms with Crippen molar-refractivity contribution < 1.29 is 0 Å². The summed E-state index contributed by atoms with van der Waals surface area (Å²) in [6.45, 7) is 0. The first-order chi connectivity index (χ1) is 11.9. The first kappa shape index (κ1) is 20.9. The fourth-order valence-corrected chi connectivity index (χ4v) is 2.52. The van der Waals surface area contributed by atoms with Gasteiger partial charge in [0.1, 0.15) is 0 Å². The van der Waals surface area contributed by atoms with Crippen LogP contribution in [0.15, 0.2) is 121 Å². The molecule has 0 radical (unpaired) electrons. The van der Waals surface area contributed by atoms with E-state index in [1.165, 1.54) is 22.3 Å². The van der Waals surface area contributed by atoms with Crippen molar-refractivity contribution in [1.29, 1.82) is 0 Å². The highest BCUT2D eigenvalue weighted by atomic mass is 14.0. The Bertz CT molecular complexity index is 670. The van der Waals surface area contributed by atoms with E-state index in [-0.39, 0.29) is 14.9 Å². The van der Waals surface area contributed by atoms with Crippen LogP contribution in [0.25, 0.3) is 22.3 Å². The van der Waals surface area contributed by atoms with E-state index in [9.17, 15) is 0 Å². The van der Waals surface area contributed by atoms with Gasteiger partial charge in [-0.3, -0.25) is 0 Å². The third-order valence-electron chi connectivity index (χ3n) is 3.76. The van der Waals surface area contributed by atoms with Crippen LogP contribution in [-0.4, -0.2) is 0 Å². The average molecular weight is 341 g/mol. The monoisotopic (exact) mass is 340 g/mol. The standard InChI is InChI=1S/2C12H10.2CH4/c2*1-3-7-11(8-4-1)12-9-5-2-6-10-12;;/h2*1-10H;2*1H4. The zero-order valence-corrected chi connectivity index (χ0v) is 13.5. The quantitative estimate of drug-likeness (QED) is 0.347. The van der Waals surface area contributed by atoms with Crippen molar-refractivity contribution in [2.45, 2.75) is 14.9 Å². The molecule has 0 heteroatoms. The zero-order chi connectivity index (χ0) is 16.5. The lowest BCUT2D eigenvalue weighted by Crippen LogP contribution is -1.73. The minimum Gasteiger partial charge on any atom is -0.0776 e. The Hall–Kier alpha value is -3.12. The Morgan fingerprint density at radius 3 is 0.538 bits per heavy atom. The van der Waals surface area contributed by atoms with E-state index < -0.39 is 0 Å². The maximum Gasteiger partial charge on any atom is -0.0184 e. The molecule has 0 aliphatic rings. The molecule has 0 aliphatic carbocycles. The third kappa shape index (κ3) is 6.07. The molecule has 0 heterocycles. The molecule has 0 saturated carbocycles. The number of rotatable bonds is 2. The van der Waals surface area contributed by atoms with Crippen molar-refractivity contribution in [2.24, 2.45) is 0 Å². The summed E-state index contributed by atoms with van der Waals surface area (Å²) in [5.41, 5.74) is 5.10. The van der Waals surface area contributed by atoms with Crippen LogP contribution in [0.4, 0.5) is 0 Å². The minimum absolute atomic E-state index is 0. The normalized spacial score (nSPS) is 8.92. The molecule has 132 valence electrons. The predicted octanol–water partition coefficient (Wildman–Crippen LogP) is 7.98. The summed E-state index contributed by atoms with van der Waals surface area (Å²) < 4.78 is 0. The van der Waals surface area contributed by atoms with E-state index in [4.69, 9.17) is 0 Å². The lowest BCUT2D eigenvalue weighted by molar-refractivity contribution is 1.62. The molecule has 0 saturated heterocycles. The van der Waals surface area contributed by atoms with Crippen LogP contribution >= 0.6 is 0 Å². The van der Waals surface area contributed by atoms with Gasteiger partial charge in [0.2, 0.25) is 0 Å². The van der Waals surface area contributed by atoms with Crippen LogP contribution in [0.2, 0.25) is 0 Å². The van der Waals surface area contributed by atoms with Gasteiger partial charge in [0.25, 0.3) is 0 Å². The SMILES string of the molecule is C.C.c1ccc(-c2ccccc2)cc1.c1ccc(-c2ccccc2)cc1. The highest BCUT2D eigenvalue weighted by Gasteiger charge is 1.92. The molecular formula is C26H28. The summed E-state index contributed by atoms with van der Waals surface area (Å²) in [6, 6.07) is 41.6. The Morgan fingerprint density at radius 1 is 0.231 bits per heavy atom. The van der Waals surface area contributed by atoms with Crippen molar-refractivity contribution in [1.82, 2.24) is 0 Å². The average Bonchev–Trinajstić information content (AvgIpc) is 2.71. The molecular weight excluding hydrogens is 312 g/mol. The summed E-state index contributed by atoms with van der Waals surface area (Å²) in [5, 5.41) is 0. The molecule has 26 heavy (non-hydrogen) atoms. The predicted molar refractivity (Wildman–Crippen MR) is 117 cm³/mol. The maximum atomic E-state index is 2.12. The molecule has 0 nitrogen and oxygen atoms in total. The first-order valence-electron chi connectivity index (χ1n) is 8.14. The zero-order valence-electron chi connectivity index (χ0n) is 13.5. The lowest BCUT2D eigenvalue weighted by atomic mass is 10.1. The highest BCUT2D eigenvalue weighted by Crippen LogP contribution is 2.18. The molecule has 0 aromatic heterocycles. The number of hydrogen-bond acceptors (Lipinski definition) is 0. The second kappa shape index (κ2) is 11.4. The molecule has 4 rings (SSSR count). The highest BCUT2D eigenvalue weighted by molar-refractivity contribution is 5.63. The van der Waals surface area contributed by atoms with E-state index in [1.807, 2.05) is 24.3 Å². The van der Waals surface area contributed by atoms with Gasteiger partial charge in [0.15, 0.2) is 0 Å². The van der Waals surface area contributed by atoms with E-state index in [0.29, 0.717) is 0 Å². The molecule has 0 amide bonds. The summed E-state index contributed by atoms with van der Waals surface area (Å²) in [7, 11) is 0. The van der Waals surface area contributed by atoms with Gasteiger partial charge in [0.05, 0.1) is 0 Å². The van der Waals surface area contributed by atoms with Gasteiger partial charge in [-0.05, 0) is 22.3 Å². The molecule has 0 bridgehead atoms. The molecule has 0 N–H and O–H groups in total. The summed E-state index contributed by atoms with van der Waals surface area (Å²) in [4.78, 5) is 0. The van der Waals surface area contributed by atoms with E-state index in [2.05, 4.69) is 97.1 Å². The second-order valence-electron chi connectivity index (χ2n) is 5.46. The van der Waals surface area contributed by atoms with Crippen LogP contribution in [0.5, 0.6) is 0 Å². The summed E-state index contributed by atoms with van der Waals surface area (Å²) in [5.74, 6) is 0. The third-order valence-corrected chi connectivity index (χ3v) is 3.76. The molecule has 0 spiro atoms. The summed E-state index contributed by atoms with van der Waals surface area (Å²) in [6.07, 6.45) is 0. The second-order valence-corrected chi connectivity index (χ2v) is 5.46. The van der Waals surface area contributed by atoms with Gasteiger partial charge in [-0.1, -0.05) is 136 Å². The Balaban J connectivity index is 0.000000241. The smallest absolute Gasteiger partial charge is 0.0184 e. The van der Waals surface area contributed by atoms with Crippen LogP contribution in [0.3, 0.4) is 0 Å². The topological polar surface area (TPSA) is 0 Å².